The first-order valence-corrected chi connectivity index (χ1v) is 8.36. The number of hydrogen-bond donors (Lipinski definition) is 1. The van der Waals surface area contributed by atoms with E-state index in [1.165, 1.54) is 0 Å². The Morgan fingerprint density at radius 2 is 1.86 bits per heavy atom. The minimum atomic E-state index is -4.37. The van der Waals surface area contributed by atoms with Crippen LogP contribution in [0.1, 0.15) is 5.56 Å². The first-order chi connectivity index (χ1) is 9.95. The fraction of sp³-hybridized carbons (Fsp3) is 0.0714. The molecule has 0 aliphatic carbocycles. The first kappa shape index (κ1) is 14.2. The van der Waals surface area contributed by atoms with Gasteiger partial charge >= 0.3 is 10.1 Å². The normalized spacial score (nSPS) is 11.9. The van der Waals surface area contributed by atoms with Crippen LogP contribution >= 0.6 is 15.9 Å². The SMILES string of the molecule is O=S(=O)(O)c1nn(Cc2ccccc2)c2ccc(Br)cc12. The molecule has 1 N–H and O–H groups in total. The number of halogens is 1. The third-order valence-electron chi connectivity index (χ3n) is 3.10. The van der Waals surface area contributed by atoms with E-state index in [1.54, 1.807) is 22.9 Å². The maximum absolute atomic E-state index is 11.5. The fourth-order valence-corrected chi connectivity index (χ4v) is 3.19. The zero-order valence-corrected chi connectivity index (χ0v) is 13.2. The van der Waals surface area contributed by atoms with Crippen molar-refractivity contribution in [1.29, 1.82) is 0 Å². The van der Waals surface area contributed by atoms with E-state index < -0.39 is 10.1 Å². The Morgan fingerprint density at radius 1 is 1.14 bits per heavy atom. The highest BCUT2D eigenvalue weighted by Gasteiger charge is 2.21. The Morgan fingerprint density at radius 3 is 2.52 bits per heavy atom. The number of fused-ring (bicyclic) bond motifs is 1. The van der Waals surface area contributed by atoms with Crippen molar-refractivity contribution in [3.63, 3.8) is 0 Å². The van der Waals surface area contributed by atoms with E-state index in [2.05, 4.69) is 21.0 Å². The van der Waals surface area contributed by atoms with Crippen molar-refractivity contribution in [2.24, 2.45) is 0 Å². The van der Waals surface area contributed by atoms with Gasteiger partial charge in [-0.3, -0.25) is 9.23 Å². The molecular weight excluding hydrogens is 356 g/mol. The van der Waals surface area contributed by atoms with Gasteiger partial charge in [0.1, 0.15) is 0 Å². The highest BCUT2D eigenvalue weighted by atomic mass is 79.9. The van der Waals surface area contributed by atoms with Gasteiger partial charge in [0.05, 0.1) is 12.1 Å². The maximum Gasteiger partial charge on any atom is 0.314 e. The van der Waals surface area contributed by atoms with Crippen LogP contribution in [-0.2, 0) is 16.7 Å². The summed E-state index contributed by atoms with van der Waals surface area (Å²) < 4.78 is 34.6. The maximum atomic E-state index is 11.5. The zero-order valence-electron chi connectivity index (χ0n) is 10.8. The molecule has 3 rings (SSSR count). The third kappa shape index (κ3) is 2.85. The van der Waals surface area contributed by atoms with Gasteiger partial charge in [-0.2, -0.15) is 13.5 Å². The molecule has 0 amide bonds. The number of nitrogens with zero attached hydrogens (tertiary/aromatic N) is 2. The molecule has 0 fully saturated rings. The van der Waals surface area contributed by atoms with E-state index in [0.29, 0.717) is 17.4 Å². The average Bonchev–Trinajstić information content (AvgIpc) is 2.78. The molecule has 0 bridgehead atoms. The third-order valence-corrected chi connectivity index (χ3v) is 4.38. The summed E-state index contributed by atoms with van der Waals surface area (Å²) >= 11 is 3.30. The Kier molecular flexibility index (Phi) is 3.56. The quantitative estimate of drug-likeness (QED) is 0.722. The molecule has 5 nitrogen and oxygen atoms in total. The summed E-state index contributed by atoms with van der Waals surface area (Å²) in [4.78, 5) is 0. The Labute approximate surface area is 130 Å². The van der Waals surface area contributed by atoms with Gasteiger partial charge in [-0.15, -0.1) is 0 Å². The standard InChI is InChI=1S/C14H11BrN2O3S/c15-11-6-7-13-12(8-11)14(21(18,19)20)16-17(13)9-10-4-2-1-3-5-10/h1-8H,9H2,(H,18,19,20). The predicted octanol–water partition coefficient (Wildman–Crippen LogP) is 3.09. The van der Waals surface area contributed by atoms with Gasteiger partial charge in [0.15, 0.2) is 0 Å². The smallest absolute Gasteiger partial charge is 0.281 e. The molecule has 0 saturated heterocycles. The highest BCUT2D eigenvalue weighted by molar-refractivity contribution is 9.10. The van der Waals surface area contributed by atoms with Crippen molar-refractivity contribution in [3.8, 4) is 0 Å². The second-order valence-corrected chi connectivity index (χ2v) is 6.84. The molecule has 0 radical (unpaired) electrons. The van der Waals surface area contributed by atoms with Crippen molar-refractivity contribution in [1.82, 2.24) is 9.78 Å². The summed E-state index contributed by atoms with van der Waals surface area (Å²) in [5.41, 5.74) is 1.64. The zero-order chi connectivity index (χ0) is 15.0. The van der Waals surface area contributed by atoms with Gasteiger partial charge in [0.2, 0.25) is 5.03 Å². The summed E-state index contributed by atoms with van der Waals surface area (Å²) in [6.45, 7) is 0.425. The Balaban J connectivity index is 2.20. The lowest BCUT2D eigenvalue weighted by Gasteiger charge is -2.03. The molecule has 0 atom stereocenters. The van der Waals surface area contributed by atoms with Crippen LogP contribution in [0.15, 0.2) is 58.0 Å². The molecular formula is C14H11BrN2O3S. The van der Waals surface area contributed by atoms with Gasteiger partial charge in [-0.1, -0.05) is 46.3 Å². The van der Waals surface area contributed by atoms with E-state index in [1.807, 2.05) is 30.3 Å². The molecule has 3 aromatic rings. The van der Waals surface area contributed by atoms with Crippen LogP contribution in [0, 0.1) is 0 Å². The lowest BCUT2D eigenvalue weighted by atomic mass is 10.2. The summed E-state index contributed by atoms with van der Waals surface area (Å²) in [7, 11) is -4.37. The average molecular weight is 367 g/mol. The topological polar surface area (TPSA) is 72.2 Å². The molecule has 21 heavy (non-hydrogen) atoms. The van der Waals surface area contributed by atoms with Gasteiger partial charge in [-0.25, -0.2) is 0 Å². The largest absolute Gasteiger partial charge is 0.314 e. The first-order valence-electron chi connectivity index (χ1n) is 6.12. The van der Waals surface area contributed by atoms with Gasteiger partial charge in [-0.05, 0) is 23.8 Å². The molecule has 0 aliphatic rings. The number of hydrogen-bond acceptors (Lipinski definition) is 3. The van der Waals surface area contributed by atoms with Crippen molar-refractivity contribution < 1.29 is 13.0 Å². The molecule has 0 unspecified atom stereocenters. The van der Waals surface area contributed by atoms with Crippen LogP contribution in [0.2, 0.25) is 0 Å². The fourth-order valence-electron chi connectivity index (χ4n) is 2.19. The summed E-state index contributed by atoms with van der Waals surface area (Å²) in [6.07, 6.45) is 0. The lowest BCUT2D eigenvalue weighted by molar-refractivity contribution is 0.477. The van der Waals surface area contributed by atoms with Crippen LogP contribution in [0.5, 0.6) is 0 Å². The van der Waals surface area contributed by atoms with E-state index in [4.69, 9.17) is 0 Å². The number of rotatable bonds is 3. The molecule has 1 heterocycles. The van der Waals surface area contributed by atoms with Crippen molar-refractivity contribution >= 4 is 37.0 Å². The highest BCUT2D eigenvalue weighted by Crippen LogP contribution is 2.26. The summed E-state index contributed by atoms with van der Waals surface area (Å²) in [5, 5.41) is 4.12. The van der Waals surface area contributed by atoms with Crippen LogP contribution in [0.4, 0.5) is 0 Å². The number of benzene rings is 2. The summed E-state index contributed by atoms with van der Waals surface area (Å²) in [6, 6.07) is 14.8. The van der Waals surface area contributed by atoms with Crippen molar-refractivity contribution in [2.75, 3.05) is 0 Å². The van der Waals surface area contributed by atoms with Gasteiger partial charge in [0.25, 0.3) is 0 Å². The molecule has 0 saturated carbocycles. The van der Waals surface area contributed by atoms with Crippen LogP contribution in [0.25, 0.3) is 10.9 Å². The molecule has 0 spiro atoms. The molecule has 7 heteroatoms. The predicted molar refractivity (Wildman–Crippen MR) is 82.8 cm³/mol. The molecule has 1 aromatic heterocycles. The lowest BCUT2D eigenvalue weighted by Crippen LogP contribution is -2.04. The van der Waals surface area contributed by atoms with Crippen LogP contribution in [0.3, 0.4) is 0 Å². The molecule has 0 aliphatic heterocycles. The minimum Gasteiger partial charge on any atom is -0.281 e. The molecule has 108 valence electrons. The minimum absolute atomic E-state index is 0.324. The van der Waals surface area contributed by atoms with Gasteiger partial charge < -0.3 is 0 Å². The second-order valence-electron chi connectivity index (χ2n) is 4.58. The van der Waals surface area contributed by atoms with E-state index in [0.717, 1.165) is 10.0 Å². The second kappa shape index (κ2) is 5.25. The van der Waals surface area contributed by atoms with E-state index in [9.17, 15) is 13.0 Å². The monoisotopic (exact) mass is 366 g/mol. The number of aromatic nitrogens is 2. The van der Waals surface area contributed by atoms with Crippen molar-refractivity contribution in [3.05, 3.63) is 58.6 Å². The van der Waals surface area contributed by atoms with Crippen LogP contribution in [-0.4, -0.2) is 22.8 Å². The van der Waals surface area contributed by atoms with Gasteiger partial charge in [0, 0.05) is 9.86 Å². The Hall–Kier alpha value is -1.70. The molecule has 2 aromatic carbocycles. The van der Waals surface area contributed by atoms with E-state index in [-0.39, 0.29) is 5.03 Å². The summed E-state index contributed by atoms with van der Waals surface area (Å²) in [5.74, 6) is 0. The Bertz CT molecular complexity index is 905. The van der Waals surface area contributed by atoms with E-state index >= 15 is 0 Å². The van der Waals surface area contributed by atoms with Crippen LogP contribution < -0.4 is 0 Å². The van der Waals surface area contributed by atoms with Crippen molar-refractivity contribution in [2.45, 2.75) is 11.6 Å².